The van der Waals surface area contributed by atoms with Crippen LogP contribution in [0.25, 0.3) is 19.5 Å². The van der Waals surface area contributed by atoms with Gasteiger partial charge in [0.05, 0.1) is 9.75 Å². The van der Waals surface area contributed by atoms with Crippen LogP contribution in [0.3, 0.4) is 0 Å². The van der Waals surface area contributed by atoms with Crippen LogP contribution in [0, 0.1) is 0 Å². The van der Waals surface area contributed by atoms with E-state index in [0.717, 1.165) is 11.5 Å². The predicted octanol–water partition coefficient (Wildman–Crippen LogP) is 13.9. The van der Waals surface area contributed by atoms with Crippen molar-refractivity contribution in [2.45, 2.75) is 155 Å². The fourth-order valence-corrected chi connectivity index (χ4v) is 9.48. The van der Waals surface area contributed by atoms with Crippen LogP contribution >= 0.6 is 34.0 Å². The molecule has 0 amide bonds. The van der Waals surface area contributed by atoms with Crippen molar-refractivity contribution in [2.75, 3.05) is 13.2 Å². The molecule has 0 spiro atoms. The SMILES string of the molecule is CCCCCCCCCCCCc1csc(-c2sc(-c3cc(CCCCCCCCCCCC)cs3)c3c2OCCO3)c1. The Kier molecular flexibility index (Phi) is 16.6. The van der Waals surface area contributed by atoms with Crippen molar-refractivity contribution in [3.63, 3.8) is 0 Å². The quantitative estimate of drug-likeness (QED) is 0.0905. The third-order valence-electron chi connectivity index (χ3n) is 8.79. The summed E-state index contributed by atoms with van der Waals surface area (Å²) < 4.78 is 12.5. The molecule has 0 N–H and O–H groups in total. The third-order valence-corrected chi connectivity index (χ3v) is 12.3. The molecule has 240 valence electrons. The van der Waals surface area contributed by atoms with E-state index in [4.69, 9.17) is 9.47 Å². The van der Waals surface area contributed by atoms with Gasteiger partial charge in [-0.05, 0) is 59.7 Å². The molecule has 0 saturated carbocycles. The predicted molar refractivity (Wildman–Crippen MR) is 193 cm³/mol. The minimum Gasteiger partial charge on any atom is -0.485 e. The van der Waals surface area contributed by atoms with E-state index >= 15 is 0 Å². The topological polar surface area (TPSA) is 18.5 Å². The minimum atomic E-state index is 0.640. The van der Waals surface area contributed by atoms with Gasteiger partial charge in [0, 0.05) is 9.75 Å². The molecule has 0 fully saturated rings. The number of unbranched alkanes of at least 4 members (excludes halogenated alkanes) is 18. The number of rotatable bonds is 24. The molecule has 2 nitrogen and oxygen atoms in total. The average Bonchev–Trinajstić information content (AvgIpc) is 3.78. The summed E-state index contributed by atoms with van der Waals surface area (Å²) in [4.78, 5) is 5.19. The molecule has 5 heteroatoms. The molecule has 0 unspecified atom stereocenters. The van der Waals surface area contributed by atoms with Gasteiger partial charge in [-0.15, -0.1) is 34.0 Å². The monoisotopic (exact) mass is 642 g/mol. The summed E-state index contributed by atoms with van der Waals surface area (Å²) in [6.45, 7) is 5.87. The molecule has 0 atom stereocenters. The van der Waals surface area contributed by atoms with Crippen molar-refractivity contribution in [3.05, 3.63) is 34.0 Å². The molecule has 3 aromatic heterocycles. The smallest absolute Gasteiger partial charge is 0.181 e. The van der Waals surface area contributed by atoms with Gasteiger partial charge in [0.2, 0.25) is 0 Å². The van der Waals surface area contributed by atoms with Gasteiger partial charge in [0.25, 0.3) is 0 Å². The van der Waals surface area contributed by atoms with E-state index < -0.39 is 0 Å². The van der Waals surface area contributed by atoms with Crippen LogP contribution in [0.5, 0.6) is 11.5 Å². The highest BCUT2D eigenvalue weighted by molar-refractivity contribution is 7.26. The molecule has 43 heavy (non-hydrogen) atoms. The van der Waals surface area contributed by atoms with Crippen LogP contribution in [0.1, 0.15) is 153 Å². The number of hydrogen-bond donors (Lipinski definition) is 0. The molecule has 0 aliphatic carbocycles. The van der Waals surface area contributed by atoms with Crippen molar-refractivity contribution < 1.29 is 9.47 Å². The second-order valence-corrected chi connectivity index (χ2v) is 15.5. The summed E-state index contributed by atoms with van der Waals surface area (Å²) in [5.41, 5.74) is 2.96. The highest BCUT2D eigenvalue weighted by atomic mass is 32.1. The lowest BCUT2D eigenvalue weighted by Gasteiger charge is -2.16. The minimum absolute atomic E-state index is 0.640. The maximum Gasteiger partial charge on any atom is 0.181 e. The van der Waals surface area contributed by atoms with Crippen LogP contribution in [0.2, 0.25) is 0 Å². The normalized spacial score (nSPS) is 12.8. The van der Waals surface area contributed by atoms with Crippen molar-refractivity contribution >= 4 is 34.0 Å². The largest absolute Gasteiger partial charge is 0.485 e. The Balaban J connectivity index is 1.22. The summed E-state index contributed by atoms with van der Waals surface area (Å²) in [5.74, 6) is 1.95. The number of ether oxygens (including phenoxy) is 2. The Morgan fingerprint density at radius 3 is 1.21 bits per heavy atom. The molecule has 0 radical (unpaired) electrons. The molecule has 4 rings (SSSR count). The first-order chi connectivity index (χ1) is 21.3. The van der Waals surface area contributed by atoms with Gasteiger partial charge < -0.3 is 9.47 Å². The first-order valence-electron chi connectivity index (χ1n) is 17.9. The lowest BCUT2D eigenvalue weighted by atomic mass is 10.0. The summed E-state index contributed by atoms with van der Waals surface area (Å²) in [6, 6.07) is 4.83. The zero-order valence-corrected chi connectivity index (χ0v) is 29.8. The van der Waals surface area contributed by atoms with Crippen molar-refractivity contribution in [2.24, 2.45) is 0 Å². The zero-order chi connectivity index (χ0) is 30.0. The van der Waals surface area contributed by atoms with Crippen LogP contribution < -0.4 is 9.47 Å². The second-order valence-electron chi connectivity index (χ2n) is 12.6. The maximum absolute atomic E-state index is 6.23. The van der Waals surface area contributed by atoms with Gasteiger partial charge in [-0.1, -0.05) is 129 Å². The van der Waals surface area contributed by atoms with Crippen LogP contribution in [-0.4, -0.2) is 13.2 Å². The lowest BCUT2D eigenvalue weighted by molar-refractivity contribution is 0.175. The van der Waals surface area contributed by atoms with Gasteiger partial charge in [-0.2, -0.15) is 0 Å². The highest BCUT2D eigenvalue weighted by Gasteiger charge is 2.27. The van der Waals surface area contributed by atoms with Gasteiger partial charge in [0.15, 0.2) is 11.5 Å². The Bertz CT molecular complexity index is 1050. The van der Waals surface area contributed by atoms with E-state index in [1.54, 1.807) is 0 Å². The van der Waals surface area contributed by atoms with Gasteiger partial charge in [-0.25, -0.2) is 0 Å². The van der Waals surface area contributed by atoms with E-state index in [1.807, 2.05) is 34.0 Å². The van der Waals surface area contributed by atoms with E-state index in [1.165, 1.54) is 172 Å². The fraction of sp³-hybridized carbons (Fsp3) is 0.684. The average molecular weight is 643 g/mol. The molecule has 0 aromatic carbocycles. The van der Waals surface area contributed by atoms with Crippen molar-refractivity contribution in [1.29, 1.82) is 0 Å². The molecular weight excluding hydrogens is 585 g/mol. The molecular formula is C38H58O2S3. The first kappa shape index (κ1) is 34.6. The molecule has 4 heterocycles. The van der Waals surface area contributed by atoms with Crippen molar-refractivity contribution in [3.8, 4) is 31.0 Å². The van der Waals surface area contributed by atoms with E-state index in [9.17, 15) is 0 Å². The summed E-state index contributed by atoms with van der Waals surface area (Å²) in [7, 11) is 0. The molecule has 0 saturated heterocycles. The standard InChI is InChI=1S/C38H58O2S3/c1-3-5-7-9-11-13-15-17-19-21-23-31-27-33(41-29-31)37-35-36(40-26-25-39-35)38(43-37)34-28-32(30-42-34)24-22-20-18-16-14-12-10-8-6-4-2/h27-30H,3-26H2,1-2H3. The first-order valence-corrected chi connectivity index (χ1v) is 20.5. The van der Waals surface area contributed by atoms with Crippen LogP contribution in [0.4, 0.5) is 0 Å². The Labute approximate surface area is 275 Å². The molecule has 3 aromatic rings. The molecule has 1 aliphatic rings. The van der Waals surface area contributed by atoms with Crippen molar-refractivity contribution in [1.82, 2.24) is 0 Å². The summed E-state index contributed by atoms with van der Waals surface area (Å²) in [5, 5.41) is 4.74. The maximum atomic E-state index is 6.23. The van der Waals surface area contributed by atoms with E-state index in [0.29, 0.717) is 13.2 Å². The third kappa shape index (κ3) is 11.9. The number of hydrogen-bond acceptors (Lipinski definition) is 5. The van der Waals surface area contributed by atoms with E-state index in [-0.39, 0.29) is 0 Å². The molecule has 0 bridgehead atoms. The van der Waals surface area contributed by atoms with Crippen LogP contribution in [0.15, 0.2) is 22.9 Å². The van der Waals surface area contributed by atoms with Gasteiger partial charge in [0.1, 0.15) is 13.2 Å². The van der Waals surface area contributed by atoms with Gasteiger partial charge in [-0.3, -0.25) is 0 Å². The lowest BCUT2D eigenvalue weighted by Crippen LogP contribution is -2.14. The van der Waals surface area contributed by atoms with E-state index in [2.05, 4.69) is 36.7 Å². The summed E-state index contributed by atoms with van der Waals surface area (Å²) in [6.07, 6.45) is 30.2. The number of aryl methyl sites for hydroxylation is 2. The number of thiophene rings is 3. The highest BCUT2D eigenvalue weighted by Crippen LogP contribution is 2.55. The Morgan fingerprint density at radius 2 is 0.837 bits per heavy atom. The molecule has 1 aliphatic heterocycles. The summed E-state index contributed by atoms with van der Waals surface area (Å²) >= 11 is 5.61. The fourth-order valence-electron chi connectivity index (χ4n) is 6.16. The second kappa shape index (κ2) is 20.7. The Morgan fingerprint density at radius 1 is 0.488 bits per heavy atom. The Hall–Kier alpha value is -1.30. The van der Waals surface area contributed by atoms with Crippen LogP contribution in [-0.2, 0) is 12.8 Å². The zero-order valence-electron chi connectivity index (χ0n) is 27.3. The van der Waals surface area contributed by atoms with Gasteiger partial charge >= 0.3 is 0 Å². The number of fused-ring (bicyclic) bond motifs is 1.